The Hall–Kier alpha value is -2.55. The fourth-order valence-corrected chi connectivity index (χ4v) is 4.89. The molecule has 0 unspecified atom stereocenters. The second-order valence-electron chi connectivity index (χ2n) is 10.2. The van der Waals surface area contributed by atoms with Gasteiger partial charge in [-0.1, -0.05) is 37.9 Å². The van der Waals surface area contributed by atoms with Crippen LogP contribution < -0.4 is 15.5 Å². The number of hydrogen-bond donors (Lipinski definition) is 2. The Morgan fingerprint density at radius 3 is 2.69 bits per heavy atom. The summed E-state index contributed by atoms with van der Waals surface area (Å²) in [5, 5.41) is 7.49. The third-order valence-corrected chi connectivity index (χ3v) is 7.46. The van der Waals surface area contributed by atoms with Crippen molar-refractivity contribution in [3.8, 4) is 0 Å². The molecule has 2 N–H and O–H groups in total. The van der Waals surface area contributed by atoms with Gasteiger partial charge in [-0.05, 0) is 57.0 Å². The lowest BCUT2D eigenvalue weighted by atomic mass is 10.1. The number of carbonyl (C=O) groups excluding carboxylic acids is 1. The van der Waals surface area contributed by atoms with Crippen molar-refractivity contribution in [2.75, 3.05) is 76.3 Å². The van der Waals surface area contributed by atoms with Crippen LogP contribution in [0.1, 0.15) is 52.0 Å². The average Bonchev–Trinajstić information content (AvgIpc) is 3.15. The van der Waals surface area contributed by atoms with E-state index in [1.165, 1.54) is 11.3 Å². The Balaban J connectivity index is 1.57. The highest BCUT2D eigenvalue weighted by Crippen LogP contribution is 2.25. The lowest BCUT2D eigenvalue weighted by Crippen LogP contribution is -2.44. The van der Waals surface area contributed by atoms with Crippen LogP contribution in [-0.4, -0.2) is 87.6 Å². The Kier molecular flexibility index (Phi) is 13.1. The number of anilines is 2. The number of amidine groups is 1. The number of carbonyl (C=O) groups is 1. The zero-order valence-corrected chi connectivity index (χ0v) is 25.0. The smallest absolute Gasteiger partial charge is 0.224 e. The molecule has 8 nitrogen and oxygen atoms in total. The Bertz CT molecular complexity index is 1020. The number of benzene rings is 1. The van der Waals surface area contributed by atoms with E-state index in [2.05, 4.69) is 70.6 Å². The van der Waals surface area contributed by atoms with E-state index in [1.807, 2.05) is 11.8 Å². The summed E-state index contributed by atoms with van der Waals surface area (Å²) >= 11 is 6.68. The van der Waals surface area contributed by atoms with E-state index >= 15 is 0 Å². The van der Waals surface area contributed by atoms with Gasteiger partial charge in [-0.3, -0.25) is 4.79 Å². The lowest BCUT2D eigenvalue weighted by Gasteiger charge is -2.34. The highest BCUT2D eigenvalue weighted by Gasteiger charge is 2.17. The van der Waals surface area contributed by atoms with Gasteiger partial charge in [0.1, 0.15) is 5.84 Å². The fraction of sp³-hybridized carbons (Fsp3) is 0.600. The zero-order valence-electron chi connectivity index (χ0n) is 24.3. The van der Waals surface area contributed by atoms with Crippen LogP contribution in [0.15, 0.2) is 46.2 Å². The second kappa shape index (κ2) is 16.5. The predicted octanol–water partition coefficient (Wildman–Crippen LogP) is 4.82. The number of nitrogens with one attached hydrogen (secondary N) is 2. The van der Waals surface area contributed by atoms with Crippen molar-refractivity contribution in [2.45, 2.75) is 52.9 Å². The van der Waals surface area contributed by atoms with Crippen LogP contribution in [0.3, 0.4) is 0 Å². The van der Waals surface area contributed by atoms with Crippen LogP contribution >= 0.6 is 11.6 Å². The highest BCUT2D eigenvalue weighted by molar-refractivity contribution is 6.31. The van der Waals surface area contributed by atoms with Gasteiger partial charge in [-0.2, -0.15) is 0 Å². The molecule has 1 amide bonds. The molecule has 2 heterocycles. The Morgan fingerprint density at radius 2 is 1.95 bits per heavy atom. The number of halogens is 1. The maximum atomic E-state index is 12.2. The van der Waals surface area contributed by atoms with E-state index in [0.717, 1.165) is 75.6 Å². The van der Waals surface area contributed by atoms with Gasteiger partial charge in [-0.15, -0.1) is 0 Å². The lowest BCUT2D eigenvalue weighted by molar-refractivity contribution is -0.130. The van der Waals surface area contributed by atoms with Crippen molar-refractivity contribution in [3.05, 3.63) is 46.8 Å². The molecule has 0 saturated carbocycles. The summed E-state index contributed by atoms with van der Waals surface area (Å²) in [6.45, 7) is 13.8. The molecule has 2 saturated heterocycles. The number of nitrogens with zero attached hydrogens (tertiary/aromatic N) is 4. The number of piperazine rings is 1. The van der Waals surface area contributed by atoms with Gasteiger partial charge in [-0.25, -0.2) is 4.99 Å². The number of ether oxygens (including phenoxy) is 1. The van der Waals surface area contributed by atoms with Gasteiger partial charge >= 0.3 is 0 Å². The third kappa shape index (κ3) is 10.2. The molecule has 2 aliphatic heterocycles. The topological polar surface area (TPSA) is 72.4 Å². The number of allylic oxidation sites excluding steroid dienone is 2. The van der Waals surface area contributed by atoms with Crippen molar-refractivity contribution in [3.63, 3.8) is 0 Å². The molecule has 3 rings (SSSR count). The highest BCUT2D eigenvalue weighted by atomic mass is 35.5. The minimum Gasteiger partial charge on any atom is -0.384 e. The first-order valence-electron chi connectivity index (χ1n) is 14.4. The summed E-state index contributed by atoms with van der Waals surface area (Å²) in [5.41, 5.74) is 4.52. The molecule has 1 aromatic carbocycles. The molecule has 39 heavy (non-hydrogen) atoms. The molecule has 0 atom stereocenters. The zero-order chi connectivity index (χ0) is 28.0. The molecule has 2 fully saturated rings. The second-order valence-corrected chi connectivity index (χ2v) is 10.6. The predicted molar refractivity (Wildman–Crippen MR) is 164 cm³/mol. The molecular formula is C30H47ClN6O2. The van der Waals surface area contributed by atoms with Gasteiger partial charge in [0.2, 0.25) is 5.91 Å². The monoisotopic (exact) mass is 558 g/mol. The molecule has 0 radical (unpaired) electrons. The van der Waals surface area contributed by atoms with Crippen LogP contribution in [0, 0.1) is 0 Å². The summed E-state index contributed by atoms with van der Waals surface area (Å²) < 4.78 is 5.41. The summed E-state index contributed by atoms with van der Waals surface area (Å²) in [6, 6.07) is 6.66. The largest absolute Gasteiger partial charge is 0.384 e. The summed E-state index contributed by atoms with van der Waals surface area (Å²) in [7, 11) is 2.18. The van der Waals surface area contributed by atoms with Crippen LogP contribution in [0.4, 0.5) is 11.4 Å². The normalized spacial score (nSPS) is 18.4. The average molecular weight is 559 g/mol. The van der Waals surface area contributed by atoms with Crippen LogP contribution in [0.2, 0.25) is 0 Å². The molecule has 9 heteroatoms. The summed E-state index contributed by atoms with van der Waals surface area (Å²) in [4.78, 5) is 23.5. The van der Waals surface area contributed by atoms with Gasteiger partial charge in [0, 0.05) is 63.4 Å². The minimum absolute atomic E-state index is 0.171. The van der Waals surface area contributed by atoms with Crippen molar-refractivity contribution in [2.24, 2.45) is 4.99 Å². The van der Waals surface area contributed by atoms with E-state index in [9.17, 15) is 4.79 Å². The molecule has 0 aromatic heterocycles. The quantitative estimate of drug-likeness (QED) is 0.166. The summed E-state index contributed by atoms with van der Waals surface area (Å²) in [5.74, 6) is 0.955. The summed E-state index contributed by atoms with van der Waals surface area (Å²) in [6.07, 6.45) is 8.03. The van der Waals surface area contributed by atoms with Crippen LogP contribution in [-0.2, 0) is 16.0 Å². The van der Waals surface area contributed by atoms with Crippen molar-refractivity contribution in [1.82, 2.24) is 15.1 Å². The molecule has 0 bridgehead atoms. The fourth-order valence-electron chi connectivity index (χ4n) is 4.70. The molecular weight excluding hydrogens is 512 g/mol. The third-order valence-electron chi connectivity index (χ3n) is 7.16. The number of unbranched alkanes of at least 4 members (excludes halogenated alkanes) is 1. The number of hydrogen-bond acceptors (Lipinski definition) is 6. The standard InChI is InChI=1S/C30H47ClN6O2/c1-5-7-9-29(32-13-8-14-37-19-21-39-20-12-30(37)38)27(31)23-33-24(3)34-28-11-10-26(22-25(28)6-2)36-17-15-35(4)16-18-36/h9-11,22-23,32H,5-8,12-21H2,1-4H3,(H,33,34)/b27-23+,29-9-. The maximum Gasteiger partial charge on any atom is 0.224 e. The van der Waals surface area contributed by atoms with E-state index in [1.54, 1.807) is 6.20 Å². The molecule has 0 aliphatic carbocycles. The first-order valence-corrected chi connectivity index (χ1v) is 14.8. The van der Waals surface area contributed by atoms with E-state index in [0.29, 0.717) is 37.8 Å². The van der Waals surface area contributed by atoms with E-state index in [4.69, 9.17) is 16.3 Å². The van der Waals surface area contributed by atoms with Crippen LogP contribution in [0.25, 0.3) is 0 Å². The van der Waals surface area contributed by atoms with E-state index in [-0.39, 0.29) is 5.91 Å². The van der Waals surface area contributed by atoms with Crippen molar-refractivity contribution >= 4 is 34.7 Å². The molecule has 2 aliphatic rings. The number of rotatable bonds is 12. The van der Waals surface area contributed by atoms with Gasteiger partial charge in [0.25, 0.3) is 0 Å². The van der Waals surface area contributed by atoms with Crippen molar-refractivity contribution in [1.29, 1.82) is 0 Å². The number of aliphatic imine (C=N–C) groups is 1. The number of amides is 1. The van der Waals surface area contributed by atoms with Gasteiger partial charge < -0.3 is 30.1 Å². The Labute approximate surface area is 240 Å². The SMILES string of the molecule is CCC/C=C(NCCCN1CCOCCC1=O)/C(Cl)=C\N=C(C)Nc1ccc(N2CCN(C)CC2)cc1CC. The first-order chi connectivity index (χ1) is 18.9. The first kappa shape index (κ1) is 31.0. The van der Waals surface area contributed by atoms with Gasteiger partial charge in [0.15, 0.2) is 0 Å². The van der Waals surface area contributed by atoms with Crippen molar-refractivity contribution < 1.29 is 9.53 Å². The minimum atomic E-state index is 0.171. The van der Waals surface area contributed by atoms with Crippen LogP contribution in [0.5, 0.6) is 0 Å². The Morgan fingerprint density at radius 1 is 1.15 bits per heavy atom. The number of aryl methyl sites for hydroxylation is 1. The molecule has 1 aromatic rings. The van der Waals surface area contributed by atoms with E-state index < -0.39 is 0 Å². The maximum absolute atomic E-state index is 12.2. The molecule has 216 valence electrons. The number of likely N-dealkylation sites (N-methyl/N-ethyl adjacent to an activating group) is 1. The van der Waals surface area contributed by atoms with Gasteiger partial charge in [0.05, 0.1) is 30.4 Å². The molecule has 0 spiro atoms.